The lowest BCUT2D eigenvalue weighted by atomic mass is 10.1. The van der Waals surface area contributed by atoms with Crippen molar-refractivity contribution in [2.45, 2.75) is 51.1 Å². The fourth-order valence-electron chi connectivity index (χ4n) is 2.58. The molecule has 1 unspecified atom stereocenters. The van der Waals surface area contributed by atoms with Crippen molar-refractivity contribution in [3.8, 4) is 5.75 Å². The van der Waals surface area contributed by atoms with Gasteiger partial charge in [-0.25, -0.2) is 0 Å². The van der Waals surface area contributed by atoms with Crippen LogP contribution in [0, 0.1) is 0 Å². The molecule has 0 heterocycles. The minimum absolute atomic E-state index is 0.0310. The molecule has 4 nitrogen and oxygen atoms in total. The van der Waals surface area contributed by atoms with Crippen LogP contribution in [0.25, 0.3) is 0 Å². The first-order chi connectivity index (χ1) is 9.63. The number of carbonyl (C=O) groups excluding carboxylic acids is 1. The Labute approximate surface area is 120 Å². The van der Waals surface area contributed by atoms with E-state index < -0.39 is 0 Å². The lowest BCUT2D eigenvalue weighted by molar-refractivity contribution is -0.123. The van der Waals surface area contributed by atoms with Gasteiger partial charge in [0.2, 0.25) is 0 Å². The van der Waals surface area contributed by atoms with Gasteiger partial charge in [0.1, 0.15) is 5.75 Å². The lowest BCUT2D eigenvalue weighted by Gasteiger charge is -2.12. The molecule has 1 amide bonds. The van der Waals surface area contributed by atoms with Crippen molar-refractivity contribution >= 4 is 5.91 Å². The highest BCUT2D eigenvalue weighted by Crippen LogP contribution is 2.17. The SMILES string of the molecule is CC(N)Cc1ccc(OCC(=O)NC2CCCC2)cc1. The summed E-state index contributed by atoms with van der Waals surface area (Å²) in [5.74, 6) is 0.691. The first-order valence-electron chi connectivity index (χ1n) is 7.40. The van der Waals surface area contributed by atoms with Gasteiger partial charge in [0.05, 0.1) is 0 Å². The van der Waals surface area contributed by atoms with Crippen molar-refractivity contribution < 1.29 is 9.53 Å². The minimum Gasteiger partial charge on any atom is -0.484 e. The number of amides is 1. The molecule has 1 atom stereocenters. The number of benzene rings is 1. The van der Waals surface area contributed by atoms with Gasteiger partial charge in [0.25, 0.3) is 5.91 Å². The van der Waals surface area contributed by atoms with E-state index >= 15 is 0 Å². The molecule has 0 bridgehead atoms. The molecular weight excluding hydrogens is 252 g/mol. The highest BCUT2D eigenvalue weighted by Gasteiger charge is 2.17. The molecule has 1 aromatic carbocycles. The molecule has 0 aliphatic heterocycles. The van der Waals surface area contributed by atoms with Crippen molar-refractivity contribution in [2.24, 2.45) is 5.73 Å². The quantitative estimate of drug-likeness (QED) is 0.835. The van der Waals surface area contributed by atoms with E-state index in [0.29, 0.717) is 6.04 Å². The van der Waals surface area contributed by atoms with Crippen LogP contribution >= 0.6 is 0 Å². The molecule has 0 saturated heterocycles. The maximum Gasteiger partial charge on any atom is 0.258 e. The van der Waals surface area contributed by atoms with Crippen LogP contribution in [0.1, 0.15) is 38.2 Å². The van der Waals surface area contributed by atoms with Crippen molar-refractivity contribution in [2.75, 3.05) is 6.61 Å². The molecule has 2 rings (SSSR count). The highest BCUT2D eigenvalue weighted by atomic mass is 16.5. The molecule has 0 radical (unpaired) electrons. The lowest BCUT2D eigenvalue weighted by Crippen LogP contribution is -2.36. The van der Waals surface area contributed by atoms with E-state index in [4.69, 9.17) is 10.5 Å². The minimum atomic E-state index is -0.0310. The second-order valence-corrected chi connectivity index (χ2v) is 5.66. The molecule has 1 aliphatic rings. The number of nitrogens with one attached hydrogen (secondary N) is 1. The predicted molar refractivity (Wildman–Crippen MR) is 79.7 cm³/mol. The molecule has 1 aromatic rings. The molecule has 1 saturated carbocycles. The monoisotopic (exact) mass is 276 g/mol. The first kappa shape index (κ1) is 14.9. The van der Waals surface area contributed by atoms with Crippen LogP contribution in [0.4, 0.5) is 0 Å². The van der Waals surface area contributed by atoms with Crippen LogP contribution < -0.4 is 15.8 Å². The standard InChI is InChI=1S/C16H24N2O2/c1-12(17)10-13-6-8-15(9-7-13)20-11-16(19)18-14-4-2-3-5-14/h6-9,12,14H,2-5,10-11,17H2,1H3,(H,18,19). The fourth-order valence-corrected chi connectivity index (χ4v) is 2.58. The van der Waals surface area contributed by atoms with Crippen LogP contribution in [-0.4, -0.2) is 24.6 Å². The number of hydrogen-bond donors (Lipinski definition) is 2. The van der Waals surface area contributed by atoms with Crippen molar-refractivity contribution in [1.29, 1.82) is 0 Å². The Morgan fingerprint density at radius 1 is 1.35 bits per heavy atom. The summed E-state index contributed by atoms with van der Waals surface area (Å²) in [6, 6.07) is 8.26. The third kappa shape index (κ3) is 4.85. The summed E-state index contributed by atoms with van der Waals surface area (Å²) in [5.41, 5.74) is 6.94. The van der Waals surface area contributed by atoms with E-state index in [0.717, 1.165) is 25.0 Å². The Balaban J connectivity index is 1.74. The Morgan fingerprint density at radius 3 is 2.60 bits per heavy atom. The van der Waals surface area contributed by atoms with Gasteiger partial charge in [0.15, 0.2) is 6.61 Å². The van der Waals surface area contributed by atoms with Gasteiger partial charge in [-0.1, -0.05) is 25.0 Å². The highest BCUT2D eigenvalue weighted by molar-refractivity contribution is 5.77. The van der Waals surface area contributed by atoms with E-state index in [1.54, 1.807) is 0 Å². The van der Waals surface area contributed by atoms with Crippen LogP contribution in [-0.2, 0) is 11.2 Å². The molecular formula is C16H24N2O2. The summed E-state index contributed by atoms with van der Waals surface area (Å²) >= 11 is 0. The molecule has 0 spiro atoms. The van der Waals surface area contributed by atoms with Crippen molar-refractivity contribution in [1.82, 2.24) is 5.32 Å². The Hall–Kier alpha value is -1.55. The molecule has 20 heavy (non-hydrogen) atoms. The second-order valence-electron chi connectivity index (χ2n) is 5.66. The Bertz CT molecular complexity index is 423. The fraction of sp³-hybridized carbons (Fsp3) is 0.562. The molecule has 110 valence electrons. The second kappa shape index (κ2) is 7.29. The van der Waals surface area contributed by atoms with Gasteiger partial charge in [-0.15, -0.1) is 0 Å². The van der Waals surface area contributed by atoms with Gasteiger partial charge in [-0.3, -0.25) is 4.79 Å². The largest absolute Gasteiger partial charge is 0.484 e. The van der Waals surface area contributed by atoms with Gasteiger partial charge in [-0.05, 0) is 43.9 Å². The summed E-state index contributed by atoms with van der Waals surface area (Å²) in [7, 11) is 0. The number of ether oxygens (including phenoxy) is 1. The summed E-state index contributed by atoms with van der Waals surface area (Å²) in [6.07, 6.45) is 5.47. The molecule has 1 fully saturated rings. The van der Waals surface area contributed by atoms with Crippen molar-refractivity contribution in [3.05, 3.63) is 29.8 Å². The molecule has 0 aromatic heterocycles. The zero-order valence-electron chi connectivity index (χ0n) is 12.1. The average molecular weight is 276 g/mol. The summed E-state index contributed by atoms with van der Waals surface area (Å²) in [4.78, 5) is 11.7. The Morgan fingerprint density at radius 2 is 2.00 bits per heavy atom. The van der Waals surface area contributed by atoms with E-state index in [1.165, 1.54) is 18.4 Å². The normalized spacial score (nSPS) is 16.9. The van der Waals surface area contributed by atoms with E-state index in [9.17, 15) is 4.79 Å². The van der Waals surface area contributed by atoms with Crippen LogP contribution in [0.15, 0.2) is 24.3 Å². The smallest absolute Gasteiger partial charge is 0.258 e. The van der Waals surface area contributed by atoms with Crippen LogP contribution in [0.2, 0.25) is 0 Å². The first-order valence-corrected chi connectivity index (χ1v) is 7.40. The van der Waals surface area contributed by atoms with E-state index in [1.807, 2.05) is 31.2 Å². The zero-order valence-corrected chi connectivity index (χ0v) is 12.1. The molecule has 4 heteroatoms. The summed E-state index contributed by atoms with van der Waals surface area (Å²) in [5, 5.41) is 3.01. The maximum atomic E-state index is 11.7. The number of rotatable bonds is 6. The Kier molecular flexibility index (Phi) is 5.41. The summed E-state index contributed by atoms with van der Waals surface area (Å²) in [6.45, 7) is 2.07. The summed E-state index contributed by atoms with van der Waals surface area (Å²) < 4.78 is 5.49. The average Bonchev–Trinajstić information content (AvgIpc) is 2.90. The topological polar surface area (TPSA) is 64.3 Å². The van der Waals surface area contributed by atoms with Gasteiger partial charge in [-0.2, -0.15) is 0 Å². The van der Waals surface area contributed by atoms with Gasteiger partial charge in [0, 0.05) is 12.1 Å². The van der Waals surface area contributed by atoms with E-state index in [-0.39, 0.29) is 18.6 Å². The van der Waals surface area contributed by atoms with Gasteiger partial charge >= 0.3 is 0 Å². The van der Waals surface area contributed by atoms with Crippen molar-refractivity contribution in [3.63, 3.8) is 0 Å². The predicted octanol–water partition coefficient (Wildman–Crippen LogP) is 2.01. The molecule has 3 N–H and O–H groups in total. The maximum absolute atomic E-state index is 11.7. The van der Waals surface area contributed by atoms with Gasteiger partial charge < -0.3 is 15.8 Å². The van der Waals surface area contributed by atoms with Crippen LogP contribution in [0.3, 0.4) is 0 Å². The number of carbonyl (C=O) groups is 1. The third-order valence-electron chi connectivity index (χ3n) is 3.57. The number of nitrogens with two attached hydrogens (primary N) is 1. The van der Waals surface area contributed by atoms with Crippen LogP contribution in [0.5, 0.6) is 5.75 Å². The molecule has 1 aliphatic carbocycles. The van der Waals surface area contributed by atoms with E-state index in [2.05, 4.69) is 5.32 Å². The third-order valence-corrected chi connectivity index (χ3v) is 3.57. The zero-order chi connectivity index (χ0) is 14.4. The number of hydrogen-bond acceptors (Lipinski definition) is 3.